The van der Waals surface area contributed by atoms with E-state index in [1.54, 1.807) is 19.9 Å². The highest BCUT2D eigenvalue weighted by Crippen LogP contribution is 2.32. The van der Waals surface area contributed by atoms with Gasteiger partial charge in [-0.25, -0.2) is 8.42 Å². The molecule has 0 spiro atoms. The van der Waals surface area contributed by atoms with Gasteiger partial charge >= 0.3 is 6.18 Å². The number of benzene rings is 2. The minimum atomic E-state index is -4.46. The summed E-state index contributed by atoms with van der Waals surface area (Å²) in [5.41, 5.74) is -0.128. The second-order valence-corrected chi connectivity index (χ2v) is 10.1. The Morgan fingerprint density at radius 1 is 0.967 bits per heavy atom. The van der Waals surface area contributed by atoms with Crippen molar-refractivity contribution >= 4 is 15.7 Å². The summed E-state index contributed by atoms with van der Waals surface area (Å²) in [5, 5.41) is 2.54. The average molecular weight is 442 g/mol. The lowest BCUT2D eigenvalue weighted by Crippen LogP contribution is -2.39. The second-order valence-electron chi connectivity index (χ2n) is 7.92. The van der Waals surface area contributed by atoms with Crippen LogP contribution in [0.25, 0.3) is 0 Å². The van der Waals surface area contributed by atoms with Crippen molar-refractivity contribution in [2.45, 2.75) is 38.3 Å². The third-order valence-corrected chi connectivity index (χ3v) is 6.43. The minimum absolute atomic E-state index is 0.0205. The van der Waals surface area contributed by atoms with Gasteiger partial charge in [-0.1, -0.05) is 62.4 Å². The van der Waals surface area contributed by atoms with Crippen molar-refractivity contribution in [1.29, 1.82) is 0 Å². The van der Waals surface area contributed by atoms with Crippen molar-refractivity contribution in [3.8, 4) is 0 Å². The number of carbonyl (C=O) groups excluding carboxylic acids is 1. The van der Waals surface area contributed by atoms with Crippen LogP contribution in [-0.4, -0.2) is 32.4 Å². The molecule has 0 unspecified atom stereocenters. The number of nitrogens with one attached hydrogen (secondary N) is 1. The lowest BCUT2D eigenvalue weighted by Gasteiger charge is -2.26. The van der Waals surface area contributed by atoms with Gasteiger partial charge in [0, 0.05) is 12.0 Å². The molecule has 0 aliphatic rings. The first-order valence-electron chi connectivity index (χ1n) is 9.58. The molecule has 2 rings (SSSR count). The summed E-state index contributed by atoms with van der Waals surface area (Å²) in [5.74, 6) is -1.40. The molecule has 1 N–H and O–H groups in total. The van der Waals surface area contributed by atoms with E-state index in [9.17, 15) is 26.4 Å². The van der Waals surface area contributed by atoms with Gasteiger partial charge in [-0.15, -0.1) is 0 Å². The average Bonchev–Trinajstić information content (AvgIpc) is 2.66. The van der Waals surface area contributed by atoms with Gasteiger partial charge in [0.15, 0.2) is 9.84 Å². The van der Waals surface area contributed by atoms with Crippen molar-refractivity contribution in [2.75, 3.05) is 18.1 Å². The summed E-state index contributed by atoms with van der Waals surface area (Å²) in [6.45, 7) is 3.40. The van der Waals surface area contributed by atoms with E-state index in [0.29, 0.717) is 18.4 Å². The van der Waals surface area contributed by atoms with Gasteiger partial charge in [0.25, 0.3) is 0 Å². The fourth-order valence-corrected chi connectivity index (χ4v) is 4.23. The van der Waals surface area contributed by atoms with Gasteiger partial charge in [0.2, 0.25) is 5.91 Å². The lowest BCUT2D eigenvalue weighted by atomic mass is 9.83. The number of rotatable bonds is 9. The molecule has 0 aromatic heterocycles. The maximum atomic E-state index is 12.9. The molecule has 30 heavy (non-hydrogen) atoms. The number of hydrogen-bond donors (Lipinski definition) is 1. The fourth-order valence-electron chi connectivity index (χ4n) is 3.00. The van der Waals surface area contributed by atoms with Crippen LogP contribution in [-0.2, 0) is 32.6 Å². The molecule has 0 heterocycles. The molecule has 0 fully saturated rings. The molecule has 2 aromatic rings. The Balaban J connectivity index is 1.88. The first kappa shape index (κ1) is 23.9. The van der Waals surface area contributed by atoms with Crippen LogP contribution < -0.4 is 5.32 Å². The number of halogens is 3. The Hall–Kier alpha value is -2.35. The van der Waals surface area contributed by atoms with Gasteiger partial charge in [0.05, 0.1) is 11.3 Å². The topological polar surface area (TPSA) is 63.2 Å². The van der Waals surface area contributed by atoms with Crippen LogP contribution in [0.5, 0.6) is 0 Å². The van der Waals surface area contributed by atoms with E-state index in [4.69, 9.17) is 0 Å². The normalized spacial score (nSPS) is 12.6. The minimum Gasteiger partial charge on any atom is -0.354 e. The second kappa shape index (κ2) is 9.64. The molecule has 1 amide bonds. The summed E-state index contributed by atoms with van der Waals surface area (Å²) in [6, 6.07) is 14.4. The zero-order chi connectivity index (χ0) is 22.4. The highest BCUT2D eigenvalue weighted by molar-refractivity contribution is 7.92. The quantitative estimate of drug-likeness (QED) is 0.636. The number of amides is 1. The first-order chi connectivity index (χ1) is 13.9. The van der Waals surface area contributed by atoms with E-state index < -0.39 is 38.7 Å². The molecule has 0 saturated heterocycles. The van der Waals surface area contributed by atoms with E-state index in [2.05, 4.69) is 5.32 Å². The summed E-state index contributed by atoms with van der Waals surface area (Å²) in [6.07, 6.45) is -3.44. The van der Waals surface area contributed by atoms with Crippen molar-refractivity contribution in [2.24, 2.45) is 0 Å². The van der Waals surface area contributed by atoms with Crippen LogP contribution in [0.15, 0.2) is 54.6 Å². The Labute approximate surface area is 175 Å². The van der Waals surface area contributed by atoms with Crippen molar-refractivity contribution in [3.05, 3.63) is 71.3 Å². The SMILES string of the molecule is CC(C)(CNC(=O)CS(=O)(=O)CCCc1ccccc1)c1cccc(C(F)(F)F)c1. The summed E-state index contributed by atoms with van der Waals surface area (Å²) < 4.78 is 63.2. The van der Waals surface area contributed by atoms with E-state index in [1.807, 2.05) is 30.3 Å². The molecular weight excluding hydrogens is 415 g/mol. The summed E-state index contributed by atoms with van der Waals surface area (Å²) in [4.78, 5) is 12.1. The zero-order valence-corrected chi connectivity index (χ0v) is 17.8. The zero-order valence-electron chi connectivity index (χ0n) is 17.0. The van der Waals surface area contributed by atoms with Gasteiger partial charge in [-0.05, 0) is 30.0 Å². The molecule has 164 valence electrons. The molecule has 0 aliphatic heterocycles. The first-order valence-corrected chi connectivity index (χ1v) is 11.4. The van der Waals surface area contributed by atoms with Crippen molar-refractivity contribution in [1.82, 2.24) is 5.32 Å². The number of hydrogen-bond acceptors (Lipinski definition) is 3. The third-order valence-electron chi connectivity index (χ3n) is 4.81. The van der Waals surface area contributed by atoms with Gasteiger partial charge in [0.1, 0.15) is 5.75 Å². The van der Waals surface area contributed by atoms with Crippen LogP contribution in [0.4, 0.5) is 13.2 Å². The maximum absolute atomic E-state index is 12.9. The summed E-state index contributed by atoms with van der Waals surface area (Å²) in [7, 11) is -3.57. The molecule has 0 bridgehead atoms. The Bertz CT molecular complexity index is 955. The predicted molar refractivity (Wildman–Crippen MR) is 111 cm³/mol. The number of carbonyl (C=O) groups is 1. The maximum Gasteiger partial charge on any atom is 0.416 e. The van der Waals surface area contributed by atoms with E-state index >= 15 is 0 Å². The van der Waals surface area contributed by atoms with E-state index in [-0.39, 0.29) is 12.3 Å². The van der Waals surface area contributed by atoms with Crippen LogP contribution in [0.2, 0.25) is 0 Å². The Morgan fingerprint density at radius 2 is 1.60 bits per heavy atom. The monoisotopic (exact) mass is 441 g/mol. The number of sulfone groups is 1. The highest BCUT2D eigenvalue weighted by atomic mass is 32.2. The van der Waals surface area contributed by atoms with E-state index in [0.717, 1.165) is 17.7 Å². The molecule has 0 atom stereocenters. The molecule has 8 heteroatoms. The predicted octanol–water partition coefficient (Wildman–Crippen LogP) is 4.15. The van der Waals surface area contributed by atoms with Crippen molar-refractivity contribution in [3.63, 3.8) is 0 Å². The summed E-state index contributed by atoms with van der Waals surface area (Å²) >= 11 is 0. The van der Waals surface area contributed by atoms with Gasteiger partial charge < -0.3 is 5.32 Å². The van der Waals surface area contributed by atoms with Crippen LogP contribution in [0.3, 0.4) is 0 Å². The Kier molecular flexibility index (Phi) is 7.69. The highest BCUT2D eigenvalue weighted by Gasteiger charge is 2.32. The molecule has 0 radical (unpaired) electrons. The van der Waals surface area contributed by atoms with Crippen LogP contribution in [0, 0.1) is 0 Å². The van der Waals surface area contributed by atoms with Gasteiger partial charge in [-0.3, -0.25) is 4.79 Å². The van der Waals surface area contributed by atoms with Gasteiger partial charge in [-0.2, -0.15) is 13.2 Å². The van der Waals surface area contributed by atoms with Crippen LogP contribution >= 0.6 is 0 Å². The molecular formula is C22H26F3NO3S. The third kappa shape index (κ3) is 7.48. The standard InChI is InChI=1S/C22H26F3NO3S/c1-21(2,18-11-6-12-19(14-18)22(23,24)25)16-26-20(27)15-30(28,29)13-7-10-17-8-4-3-5-9-17/h3-6,8-9,11-12,14H,7,10,13,15-16H2,1-2H3,(H,26,27). The Morgan fingerprint density at radius 3 is 2.23 bits per heavy atom. The smallest absolute Gasteiger partial charge is 0.354 e. The molecule has 4 nitrogen and oxygen atoms in total. The largest absolute Gasteiger partial charge is 0.416 e. The van der Waals surface area contributed by atoms with E-state index in [1.165, 1.54) is 6.07 Å². The molecule has 0 aliphatic carbocycles. The molecule has 2 aromatic carbocycles. The number of aryl methyl sites for hydroxylation is 1. The fraction of sp³-hybridized carbons (Fsp3) is 0.409. The molecule has 0 saturated carbocycles. The van der Waals surface area contributed by atoms with Crippen molar-refractivity contribution < 1.29 is 26.4 Å². The lowest BCUT2D eigenvalue weighted by molar-refractivity contribution is -0.137. The number of alkyl halides is 3. The van der Waals surface area contributed by atoms with Crippen LogP contribution in [0.1, 0.15) is 37.0 Å².